The normalized spacial score (nSPS) is 14.3. The maximum absolute atomic E-state index is 3.71. The van der Waals surface area contributed by atoms with Crippen LogP contribution in [-0.2, 0) is 5.41 Å². The lowest BCUT2D eigenvalue weighted by Gasteiger charge is -2.21. The minimum atomic E-state index is 0.0274. The number of nitrogens with one attached hydrogen (secondary N) is 1. The van der Waals surface area contributed by atoms with Gasteiger partial charge in [-0.25, -0.2) is 0 Å². The molecule has 0 saturated carbocycles. The molecule has 0 amide bonds. The van der Waals surface area contributed by atoms with Gasteiger partial charge in [-0.05, 0) is 82.6 Å². The van der Waals surface area contributed by atoms with E-state index in [-0.39, 0.29) is 5.41 Å². The molecule has 6 rings (SSSR count). The van der Waals surface area contributed by atoms with Crippen LogP contribution in [0.3, 0.4) is 0 Å². The van der Waals surface area contributed by atoms with E-state index in [1.165, 1.54) is 66.3 Å². The number of aromatic nitrogens is 1. The van der Waals surface area contributed by atoms with Crippen LogP contribution in [0.2, 0.25) is 0 Å². The molecule has 1 heterocycles. The number of fused-ring (bicyclic) bond motifs is 6. The highest BCUT2D eigenvalue weighted by Crippen LogP contribution is 2.50. The fourth-order valence-electron chi connectivity index (χ4n) is 5.42. The van der Waals surface area contributed by atoms with Crippen LogP contribution in [0.25, 0.3) is 44.1 Å². The van der Waals surface area contributed by atoms with Gasteiger partial charge in [-0.2, -0.15) is 0 Å². The molecule has 1 N–H and O–H groups in total. The Kier molecular flexibility index (Phi) is 3.42. The Bertz CT molecular complexity index is 1480. The third-order valence-corrected chi connectivity index (χ3v) is 7.08. The summed E-state index contributed by atoms with van der Waals surface area (Å²) in [4.78, 5) is 3.71. The lowest BCUT2D eigenvalue weighted by Crippen LogP contribution is -2.14. The summed E-state index contributed by atoms with van der Waals surface area (Å²) >= 11 is 0. The standard InChI is InChI=1S/C29H25N/c1-17-9-5-6-10-19(17)21-14-23-24-15-22-20-11-7-8-12-25(20)29(3,4)26(22)16-28(24)30-27(23)13-18(21)2/h5-16,30H,1-4H3. The zero-order valence-corrected chi connectivity index (χ0v) is 17.9. The van der Waals surface area contributed by atoms with E-state index in [0.717, 1.165) is 0 Å². The van der Waals surface area contributed by atoms with Crippen molar-refractivity contribution in [2.45, 2.75) is 33.1 Å². The molecule has 1 aliphatic rings. The van der Waals surface area contributed by atoms with Gasteiger partial charge in [0.2, 0.25) is 0 Å². The van der Waals surface area contributed by atoms with Gasteiger partial charge in [0, 0.05) is 27.2 Å². The van der Waals surface area contributed by atoms with Crippen LogP contribution < -0.4 is 0 Å². The molecule has 1 nitrogen and oxygen atoms in total. The highest BCUT2D eigenvalue weighted by atomic mass is 14.7. The van der Waals surface area contributed by atoms with Crippen molar-refractivity contribution in [3.63, 3.8) is 0 Å². The summed E-state index contributed by atoms with van der Waals surface area (Å²) in [7, 11) is 0. The highest BCUT2D eigenvalue weighted by Gasteiger charge is 2.35. The molecule has 1 aromatic heterocycles. The van der Waals surface area contributed by atoms with Crippen LogP contribution in [-0.4, -0.2) is 4.98 Å². The van der Waals surface area contributed by atoms with Crippen molar-refractivity contribution >= 4 is 21.8 Å². The molecule has 0 atom stereocenters. The quantitative estimate of drug-likeness (QED) is 0.301. The van der Waals surface area contributed by atoms with Crippen LogP contribution in [0.5, 0.6) is 0 Å². The fraction of sp³-hybridized carbons (Fsp3) is 0.172. The first-order valence-corrected chi connectivity index (χ1v) is 10.7. The predicted molar refractivity (Wildman–Crippen MR) is 128 cm³/mol. The summed E-state index contributed by atoms with van der Waals surface area (Å²) in [6, 6.07) is 27.0. The Labute approximate surface area is 177 Å². The first-order valence-electron chi connectivity index (χ1n) is 10.7. The number of benzene rings is 4. The summed E-state index contributed by atoms with van der Waals surface area (Å²) < 4.78 is 0. The van der Waals surface area contributed by atoms with Gasteiger partial charge in [-0.1, -0.05) is 62.4 Å². The third kappa shape index (κ3) is 2.24. The Morgan fingerprint density at radius 1 is 0.567 bits per heavy atom. The average Bonchev–Trinajstić information content (AvgIpc) is 3.19. The maximum atomic E-state index is 3.71. The lowest BCUT2D eigenvalue weighted by molar-refractivity contribution is 0.661. The zero-order chi connectivity index (χ0) is 20.6. The van der Waals surface area contributed by atoms with Gasteiger partial charge in [0.1, 0.15) is 0 Å². The minimum Gasteiger partial charge on any atom is -0.354 e. The number of hydrogen-bond acceptors (Lipinski definition) is 0. The van der Waals surface area contributed by atoms with E-state index in [0.29, 0.717) is 0 Å². The number of rotatable bonds is 1. The van der Waals surface area contributed by atoms with Crippen molar-refractivity contribution in [2.75, 3.05) is 0 Å². The van der Waals surface area contributed by atoms with E-state index in [2.05, 4.69) is 105 Å². The van der Waals surface area contributed by atoms with Gasteiger partial charge in [0.25, 0.3) is 0 Å². The van der Waals surface area contributed by atoms with Gasteiger partial charge >= 0.3 is 0 Å². The first-order chi connectivity index (χ1) is 14.4. The molecule has 1 aliphatic carbocycles. The second-order valence-electron chi connectivity index (χ2n) is 9.27. The molecular formula is C29H25N. The van der Waals surface area contributed by atoms with E-state index in [9.17, 15) is 0 Å². The molecule has 1 heteroatoms. The molecule has 0 unspecified atom stereocenters. The molecule has 146 valence electrons. The molecule has 0 aliphatic heterocycles. The van der Waals surface area contributed by atoms with Crippen molar-refractivity contribution in [1.82, 2.24) is 4.98 Å². The van der Waals surface area contributed by atoms with Crippen LogP contribution in [0.1, 0.15) is 36.1 Å². The summed E-state index contributed by atoms with van der Waals surface area (Å²) in [5.74, 6) is 0. The monoisotopic (exact) mass is 387 g/mol. The second kappa shape index (κ2) is 5.86. The van der Waals surface area contributed by atoms with Gasteiger partial charge in [0.15, 0.2) is 0 Å². The van der Waals surface area contributed by atoms with Gasteiger partial charge in [-0.15, -0.1) is 0 Å². The van der Waals surface area contributed by atoms with E-state index < -0.39 is 0 Å². The van der Waals surface area contributed by atoms with Crippen LogP contribution in [0.15, 0.2) is 72.8 Å². The summed E-state index contributed by atoms with van der Waals surface area (Å²) in [5.41, 5.74) is 13.3. The van der Waals surface area contributed by atoms with Gasteiger partial charge in [-0.3, -0.25) is 0 Å². The SMILES string of the molecule is Cc1ccccc1-c1cc2c(cc1C)[nH]c1cc3c(cc12)-c1ccccc1C3(C)C. The van der Waals surface area contributed by atoms with Crippen LogP contribution in [0.4, 0.5) is 0 Å². The molecular weight excluding hydrogens is 362 g/mol. The first kappa shape index (κ1) is 17.5. The highest BCUT2D eigenvalue weighted by molar-refractivity contribution is 6.11. The Morgan fingerprint density at radius 3 is 1.97 bits per heavy atom. The van der Waals surface area contributed by atoms with Gasteiger partial charge in [0.05, 0.1) is 0 Å². The topological polar surface area (TPSA) is 15.8 Å². The zero-order valence-electron chi connectivity index (χ0n) is 17.9. The van der Waals surface area contributed by atoms with E-state index in [1.807, 2.05) is 0 Å². The largest absolute Gasteiger partial charge is 0.354 e. The van der Waals surface area contributed by atoms with Crippen molar-refractivity contribution < 1.29 is 0 Å². The maximum Gasteiger partial charge on any atom is 0.0468 e. The van der Waals surface area contributed by atoms with Crippen molar-refractivity contribution in [2.24, 2.45) is 0 Å². The van der Waals surface area contributed by atoms with Crippen LogP contribution in [0, 0.1) is 13.8 Å². The van der Waals surface area contributed by atoms with E-state index in [4.69, 9.17) is 0 Å². The molecule has 0 spiro atoms. The second-order valence-corrected chi connectivity index (χ2v) is 9.27. The number of aromatic amines is 1. The van der Waals surface area contributed by atoms with Crippen molar-refractivity contribution in [1.29, 1.82) is 0 Å². The average molecular weight is 388 g/mol. The predicted octanol–water partition coefficient (Wildman–Crippen LogP) is 7.91. The molecule has 0 bridgehead atoms. The summed E-state index contributed by atoms with van der Waals surface area (Å²) in [6.07, 6.45) is 0. The van der Waals surface area contributed by atoms with E-state index >= 15 is 0 Å². The smallest absolute Gasteiger partial charge is 0.0468 e. The minimum absolute atomic E-state index is 0.0274. The van der Waals surface area contributed by atoms with Crippen molar-refractivity contribution in [3.05, 3.63) is 95.1 Å². The number of aryl methyl sites for hydroxylation is 2. The molecule has 0 radical (unpaired) electrons. The molecule has 0 fully saturated rings. The Hall–Kier alpha value is -3.32. The lowest BCUT2D eigenvalue weighted by atomic mass is 9.82. The molecule has 4 aromatic carbocycles. The molecule has 5 aromatic rings. The van der Waals surface area contributed by atoms with Crippen molar-refractivity contribution in [3.8, 4) is 22.3 Å². The molecule has 30 heavy (non-hydrogen) atoms. The fourth-order valence-corrected chi connectivity index (χ4v) is 5.42. The van der Waals surface area contributed by atoms with E-state index in [1.54, 1.807) is 0 Å². The van der Waals surface area contributed by atoms with Gasteiger partial charge < -0.3 is 4.98 Å². The number of hydrogen-bond donors (Lipinski definition) is 1. The summed E-state index contributed by atoms with van der Waals surface area (Å²) in [6.45, 7) is 9.09. The van der Waals surface area contributed by atoms with Crippen LogP contribution >= 0.6 is 0 Å². The third-order valence-electron chi connectivity index (χ3n) is 7.08. The Morgan fingerprint density at radius 2 is 1.20 bits per heavy atom. The summed E-state index contributed by atoms with van der Waals surface area (Å²) in [5, 5.41) is 2.62. The number of H-pyrrole nitrogens is 1. The molecule has 0 saturated heterocycles. The Balaban J connectivity index is 1.67.